The number of carbonyl (C=O) groups is 2. The molecule has 2 atom stereocenters. The molecule has 2 aromatic rings. The predicted molar refractivity (Wildman–Crippen MR) is 125 cm³/mol. The van der Waals surface area contributed by atoms with Crippen molar-refractivity contribution in [1.82, 2.24) is 14.9 Å². The summed E-state index contributed by atoms with van der Waals surface area (Å²) in [5.74, 6) is -0.749. The molecule has 2 unspecified atom stereocenters. The van der Waals surface area contributed by atoms with Gasteiger partial charge in [-0.25, -0.2) is 13.1 Å². The lowest BCUT2D eigenvalue weighted by Gasteiger charge is -2.31. The van der Waals surface area contributed by atoms with E-state index in [-0.39, 0.29) is 23.5 Å². The van der Waals surface area contributed by atoms with Crippen molar-refractivity contribution in [3.8, 4) is 0 Å². The third-order valence-corrected chi connectivity index (χ3v) is 6.99. The van der Waals surface area contributed by atoms with Gasteiger partial charge in [-0.1, -0.05) is 55.5 Å². The van der Waals surface area contributed by atoms with E-state index < -0.39 is 28.5 Å². The van der Waals surface area contributed by atoms with Crippen LogP contribution in [0.1, 0.15) is 31.7 Å². The molecule has 1 aliphatic heterocycles. The molecule has 1 fully saturated rings. The number of hydrogen-bond acceptors (Lipinski definition) is 5. The molecular weight excluding hydrogens is 442 g/mol. The number of benzene rings is 2. The molecule has 1 aliphatic rings. The first-order chi connectivity index (χ1) is 15.9. The Hall–Kier alpha value is -2.75. The summed E-state index contributed by atoms with van der Waals surface area (Å²) in [6.45, 7) is 2.66. The van der Waals surface area contributed by atoms with Crippen molar-refractivity contribution in [3.05, 3.63) is 66.2 Å². The standard InChI is InChI=1S/C24H31N3O5S/c1-2-22(24(29)25-16-20-12-9-15-32-20)27(18-19-10-5-3-6-11-19)23(28)17-26-33(30,31)21-13-7-4-8-14-21/h3-8,10-11,13-14,20,22,26H,2,9,12,15-18H2,1H3,(H,25,29). The lowest BCUT2D eigenvalue weighted by molar-refractivity contribution is -0.140. The van der Waals surface area contributed by atoms with Crippen LogP contribution < -0.4 is 10.0 Å². The summed E-state index contributed by atoms with van der Waals surface area (Å²) >= 11 is 0. The maximum absolute atomic E-state index is 13.2. The second kappa shape index (κ2) is 11.9. The topological polar surface area (TPSA) is 105 Å². The van der Waals surface area contributed by atoms with Crippen LogP contribution in [-0.2, 0) is 30.9 Å². The summed E-state index contributed by atoms with van der Waals surface area (Å²) in [7, 11) is -3.85. The zero-order chi connectivity index (χ0) is 23.7. The smallest absolute Gasteiger partial charge is 0.242 e. The molecule has 178 valence electrons. The van der Waals surface area contributed by atoms with Gasteiger partial charge in [0.1, 0.15) is 6.04 Å². The number of ether oxygens (including phenoxy) is 1. The van der Waals surface area contributed by atoms with Crippen molar-refractivity contribution in [2.75, 3.05) is 19.7 Å². The Morgan fingerprint density at radius 1 is 1.09 bits per heavy atom. The van der Waals surface area contributed by atoms with Crippen LogP contribution in [-0.4, -0.2) is 57.0 Å². The van der Waals surface area contributed by atoms with Gasteiger partial charge in [0.25, 0.3) is 0 Å². The molecule has 2 aromatic carbocycles. The van der Waals surface area contributed by atoms with E-state index in [1.165, 1.54) is 17.0 Å². The van der Waals surface area contributed by atoms with Crippen molar-refractivity contribution < 1.29 is 22.7 Å². The van der Waals surface area contributed by atoms with Crippen molar-refractivity contribution in [2.24, 2.45) is 0 Å². The lowest BCUT2D eigenvalue weighted by atomic mass is 10.1. The second-order valence-corrected chi connectivity index (χ2v) is 9.72. The molecule has 1 saturated heterocycles. The van der Waals surface area contributed by atoms with E-state index in [4.69, 9.17) is 4.74 Å². The molecule has 0 bridgehead atoms. The Morgan fingerprint density at radius 3 is 2.36 bits per heavy atom. The maximum atomic E-state index is 13.2. The molecule has 0 aliphatic carbocycles. The van der Waals surface area contributed by atoms with E-state index >= 15 is 0 Å². The number of nitrogens with one attached hydrogen (secondary N) is 2. The highest BCUT2D eigenvalue weighted by molar-refractivity contribution is 7.89. The molecular formula is C24H31N3O5S. The fourth-order valence-corrected chi connectivity index (χ4v) is 4.77. The average molecular weight is 474 g/mol. The van der Waals surface area contributed by atoms with E-state index in [1.54, 1.807) is 18.2 Å². The molecule has 8 nitrogen and oxygen atoms in total. The van der Waals surface area contributed by atoms with E-state index in [2.05, 4.69) is 10.0 Å². The van der Waals surface area contributed by atoms with Crippen LogP contribution in [0.4, 0.5) is 0 Å². The first kappa shape index (κ1) is 24.9. The normalized spacial score (nSPS) is 16.8. The summed E-state index contributed by atoms with van der Waals surface area (Å²) in [6.07, 6.45) is 2.24. The molecule has 0 radical (unpaired) electrons. The third kappa shape index (κ3) is 7.12. The summed E-state index contributed by atoms with van der Waals surface area (Å²) in [6, 6.07) is 16.4. The minimum atomic E-state index is -3.85. The highest BCUT2D eigenvalue weighted by Gasteiger charge is 2.30. The molecule has 3 rings (SSSR count). The fraction of sp³-hybridized carbons (Fsp3) is 0.417. The van der Waals surface area contributed by atoms with Crippen molar-refractivity contribution >= 4 is 21.8 Å². The van der Waals surface area contributed by atoms with Gasteiger partial charge in [-0.15, -0.1) is 0 Å². The highest BCUT2D eigenvalue weighted by Crippen LogP contribution is 2.14. The van der Waals surface area contributed by atoms with E-state index in [0.29, 0.717) is 19.6 Å². The Morgan fingerprint density at radius 2 is 1.76 bits per heavy atom. The number of nitrogens with zero attached hydrogens (tertiary/aromatic N) is 1. The van der Waals surface area contributed by atoms with Gasteiger partial charge in [0.15, 0.2) is 0 Å². The number of amides is 2. The van der Waals surface area contributed by atoms with E-state index in [0.717, 1.165) is 18.4 Å². The quantitative estimate of drug-likeness (QED) is 0.520. The van der Waals surface area contributed by atoms with Crippen LogP contribution in [0.15, 0.2) is 65.6 Å². The van der Waals surface area contributed by atoms with Crippen molar-refractivity contribution in [1.29, 1.82) is 0 Å². The van der Waals surface area contributed by atoms with E-state index in [9.17, 15) is 18.0 Å². The Bertz CT molecular complexity index is 1010. The van der Waals surface area contributed by atoms with Crippen LogP contribution in [0, 0.1) is 0 Å². The second-order valence-electron chi connectivity index (χ2n) is 7.95. The highest BCUT2D eigenvalue weighted by atomic mass is 32.2. The first-order valence-corrected chi connectivity index (χ1v) is 12.7. The van der Waals surface area contributed by atoms with Crippen molar-refractivity contribution in [3.63, 3.8) is 0 Å². The van der Waals surface area contributed by atoms with Crippen LogP contribution in [0.3, 0.4) is 0 Å². The largest absolute Gasteiger partial charge is 0.376 e. The van der Waals surface area contributed by atoms with Gasteiger partial charge >= 0.3 is 0 Å². The minimum Gasteiger partial charge on any atom is -0.376 e. The van der Waals surface area contributed by atoms with Gasteiger partial charge in [0, 0.05) is 19.7 Å². The molecule has 33 heavy (non-hydrogen) atoms. The first-order valence-electron chi connectivity index (χ1n) is 11.2. The molecule has 9 heteroatoms. The van der Waals surface area contributed by atoms with Crippen LogP contribution in [0.25, 0.3) is 0 Å². The number of hydrogen-bond donors (Lipinski definition) is 2. The summed E-state index contributed by atoms with van der Waals surface area (Å²) in [5, 5.41) is 2.90. The van der Waals surface area contributed by atoms with Crippen molar-refractivity contribution in [2.45, 2.75) is 49.8 Å². The van der Waals surface area contributed by atoms with Gasteiger partial charge in [-0.2, -0.15) is 0 Å². The van der Waals surface area contributed by atoms with Gasteiger partial charge in [-0.3, -0.25) is 9.59 Å². The summed E-state index contributed by atoms with van der Waals surface area (Å²) in [5.41, 5.74) is 0.849. The number of rotatable bonds is 11. The Labute approximate surface area is 195 Å². The van der Waals surface area contributed by atoms with Crippen LogP contribution in [0.2, 0.25) is 0 Å². The van der Waals surface area contributed by atoms with Gasteiger partial charge in [0.2, 0.25) is 21.8 Å². The SMILES string of the molecule is CCC(C(=O)NCC1CCCO1)N(Cc1ccccc1)C(=O)CNS(=O)(=O)c1ccccc1. The molecule has 0 aromatic heterocycles. The average Bonchev–Trinajstić information content (AvgIpc) is 3.36. The molecule has 0 saturated carbocycles. The number of carbonyl (C=O) groups excluding carboxylic acids is 2. The third-order valence-electron chi connectivity index (χ3n) is 5.58. The molecule has 2 amide bonds. The predicted octanol–water partition coefficient (Wildman–Crippen LogP) is 2.07. The summed E-state index contributed by atoms with van der Waals surface area (Å²) < 4.78 is 33.1. The molecule has 0 spiro atoms. The Balaban J connectivity index is 1.72. The van der Waals surface area contributed by atoms with Gasteiger partial charge in [-0.05, 0) is 37.0 Å². The zero-order valence-corrected chi connectivity index (χ0v) is 19.6. The Kier molecular flexibility index (Phi) is 8.99. The maximum Gasteiger partial charge on any atom is 0.242 e. The lowest BCUT2D eigenvalue weighted by Crippen LogP contribution is -2.52. The monoisotopic (exact) mass is 473 g/mol. The minimum absolute atomic E-state index is 0.0117. The number of sulfonamides is 1. The van der Waals surface area contributed by atoms with Crippen LogP contribution in [0.5, 0.6) is 0 Å². The summed E-state index contributed by atoms with van der Waals surface area (Å²) in [4.78, 5) is 27.7. The van der Waals surface area contributed by atoms with Gasteiger partial charge in [0.05, 0.1) is 17.5 Å². The van der Waals surface area contributed by atoms with Gasteiger partial charge < -0.3 is 15.0 Å². The molecule has 1 heterocycles. The van der Waals surface area contributed by atoms with Crippen LogP contribution >= 0.6 is 0 Å². The zero-order valence-electron chi connectivity index (χ0n) is 18.8. The van der Waals surface area contributed by atoms with E-state index in [1.807, 2.05) is 37.3 Å². The fourth-order valence-electron chi connectivity index (χ4n) is 3.78. The molecule has 2 N–H and O–H groups in total.